The van der Waals surface area contributed by atoms with Gasteiger partial charge in [-0.15, -0.1) is 21.5 Å². The molecule has 1 saturated carbocycles. The van der Waals surface area contributed by atoms with Gasteiger partial charge in [0.1, 0.15) is 23.8 Å². The van der Waals surface area contributed by atoms with Crippen molar-refractivity contribution in [3.05, 3.63) is 102 Å². The van der Waals surface area contributed by atoms with Gasteiger partial charge in [0.05, 0.1) is 39.6 Å². The van der Waals surface area contributed by atoms with Gasteiger partial charge < -0.3 is 55.0 Å². The molecule has 5 aliphatic heterocycles. The van der Waals surface area contributed by atoms with Crippen molar-refractivity contribution in [3.8, 4) is 33.3 Å². The van der Waals surface area contributed by atoms with Gasteiger partial charge in [-0.2, -0.15) is 0 Å². The Bertz CT molecular complexity index is 3110. The molecule has 6 aliphatic rings. The molecule has 5 N–H and O–H groups in total. The second kappa shape index (κ2) is 22.0. The van der Waals surface area contributed by atoms with E-state index < -0.39 is 18.1 Å². The van der Waals surface area contributed by atoms with E-state index in [0.717, 1.165) is 123 Å². The van der Waals surface area contributed by atoms with Crippen LogP contribution in [0.4, 0.5) is 23.0 Å². The van der Waals surface area contributed by atoms with Gasteiger partial charge in [0.15, 0.2) is 17.4 Å². The molecule has 19 heteroatoms. The molecule has 1 spiro atoms. The molecule has 2 aromatic carbocycles. The summed E-state index contributed by atoms with van der Waals surface area (Å²) in [4.78, 5) is 49.8. The molecule has 6 fully saturated rings. The van der Waals surface area contributed by atoms with Crippen LogP contribution in [-0.2, 0) is 9.59 Å². The van der Waals surface area contributed by atoms with Crippen LogP contribution in [0, 0.1) is 24.2 Å². The molecule has 2 amide bonds. The van der Waals surface area contributed by atoms with E-state index in [1.165, 1.54) is 12.8 Å². The molecule has 4 aromatic heterocycles. The number of nitrogens with one attached hydrogen (secondary N) is 1. The standard InChI is InChI=1S/C60H74N12O6S/c1-36(2)55(59(76)71-34-45(73)28-50(71)58(75)64-37(3)40-9-11-41(12-10-40)56-38(4)63-35-79-56)52-30-53(67-78-52)69-23-18-60(19-24-69)16-21-68(22-17-60)31-39-25-46(26-39)77-54-27-42(15-20-62-54)72-43-13-14-44(72)33-70(32-43)49-29-48(65-66-57(49)61)47-7-5-6-8-51(47)74/h5-12,15,20,27,29-30,35-37,39,43-46,50,55,73-74H,13-14,16-19,21-26,28,31-34H2,1-4H3,(H2,61,66)(H,64,75)/t37-,39-,43?,44?,45+,46-,50-,55+/m0/s1. The van der Waals surface area contributed by atoms with Gasteiger partial charge in [0.25, 0.3) is 0 Å². The Morgan fingerprint density at radius 3 is 2.33 bits per heavy atom. The normalized spacial score (nSPS) is 24.7. The maximum absolute atomic E-state index is 14.4. The van der Waals surface area contributed by atoms with E-state index in [1.807, 2.05) is 87.9 Å². The Balaban J connectivity index is 0.588. The molecule has 6 aromatic rings. The number of anilines is 4. The van der Waals surface area contributed by atoms with Crippen LogP contribution in [0.1, 0.15) is 108 Å². The molecular weight excluding hydrogens is 1020 g/mol. The summed E-state index contributed by atoms with van der Waals surface area (Å²) in [7, 11) is 0. The molecule has 1 aliphatic carbocycles. The number of phenolic OH excluding ortho intramolecular Hbond substituents is 1. The predicted octanol–water partition coefficient (Wildman–Crippen LogP) is 8.22. The summed E-state index contributed by atoms with van der Waals surface area (Å²) >= 11 is 1.60. The third-order valence-electron chi connectivity index (χ3n) is 18.3. The van der Waals surface area contributed by atoms with E-state index in [9.17, 15) is 19.8 Å². The van der Waals surface area contributed by atoms with Crippen molar-refractivity contribution in [2.24, 2.45) is 17.3 Å². The number of phenols is 1. The Hall–Kier alpha value is -6.83. The number of hydrogen-bond donors (Lipinski definition) is 4. The largest absolute Gasteiger partial charge is 0.507 e. The molecule has 6 atom stereocenters. The highest BCUT2D eigenvalue weighted by molar-refractivity contribution is 7.13. The van der Waals surface area contributed by atoms with Crippen molar-refractivity contribution in [2.45, 2.75) is 128 Å². The van der Waals surface area contributed by atoms with Crippen molar-refractivity contribution < 1.29 is 29.1 Å². The number of aliphatic hydroxyl groups excluding tert-OH is 1. The number of nitrogen functional groups attached to an aromatic ring is 1. The van der Waals surface area contributed by atoms with Crippen LogP contribution in [-0.4, -0.2) is 140 Å². The van der Waals surface area contributed by atoms with Crippen LogP contribution >= 0.6 is 11.3 Å². The maximum Gasteiger partial charge on any atom is 0.243 e. The van der Waals surface area contributed by atoms with Gasteiger partial charge in [-0.3, -0.25) is 9.59 Å². The number of aromatic hydroxyl groups is 1. The summed E-state index contributed by atoms with van der Waals surface area (Å²) in [5.41, 5.74) is 14.8. The van der Waals surface area contributed by atoms with Crippen molar-refractivity contribution in [2.75, 3.05) is 72.8 Å². The topological polar surface area (TPSA) is 216 Å². The van der Waals surface area contributed by atoms with Gasteiger partial charge in [0, 0.05) is 87.4 Å². The number of nitrogens with two attached hydrogens (primary N) is 1. The van der Waals surface area contributed by atoms with Gasteiger partial charge >= 0.3 is 0 Å². The summed E-state index contributed by atoms with van der Waals surface area (Å²) in [6.07, 6.45) is 10.3. The van der Waals surface area contributed by atoms with E-state index >= 15 is 0 Å². The molecule has 9 heterocycles. The first-order valence-electron chi connectivity index (χ1n) is 28.6. The predicted molar refractivity (Wildman–Crippen MR) is 305 cm³/mol. The molecule has 5 saturated heterocycles. The zero-order valence-corrected chi connectivity index (χ0v) is 46.6. The number of nitrogens with zero attached hydrogens (tertiary/aromatic N) is 10. The zero-order valence-electron chi connectivity index (χ0n) is 45.8. The van der Waals surface area contributed by atoms with Crippen LogP contribution in [0.2, 0.25) is 0 Å². The average Bonchev–Trinajstić information content (AvgIpc) is 4.40. The zero-order chi connectivity index (χ0) is 54.5. The molecule has 12 rings (SSSR count). The first-order chi connectivity index (χ1) is 38.2. The van der Waals surface area contributed by atoms with Crippen LogP contribution in [0.15, 0.2) is 89.0 Å². The number of piperidine rings is 2. The first kappa shape index (κ1) is 52.8. The lowest BCUT2D eigenvalue weighted by molar-refractivity contribution is -0.141. The van der Waals surface area contributed by atoms with E-state index in [4.69, 9.17) is 15.0 Å². The average molecular weight is 1090 g/mol. The summed E-state index contributed by atoms with van der Waals surface area (Å²) in [6, 6.07) is 22.9. The molecule has 0 radical (unpaired) electrons. The fourth-order valence-corrected chi connectivity index (χ4v) is 14.5. The molecular formula is C60H74N12O6S. The lowest BCUT2D eigenvalue weighted by Gasteiger charge is -2.48. The van der Waals surface area contributed by atoms with Gasteiger partial charge in [-0.25, -0.2) is 9.97 Å². The van der Waals surface area contributed by atoms with Gasteiger partial charge in [-0.1, -0.05) is 55.4 Å². The van der Waals surface area contributed by atoms with Crippen LogP contribution in [0.25, 0.3) is 21.7 Å². The third-order valence-corrected chi connectivity index (χ3v) is 19.3. The number of hydrogen-bond acceptors (Lipinski definition) is 17. The number of β-amino-alcohol motifs (C(OH)–C–C–N with tert-alkyl or cyclic N) is 1. The Morgan fingerprint density at radius 2 is 1.62 bits per heavy atom. The van der Waals surface area contributed by atoms with Crippen LogP contribution in [0.3, 0.4) is 0 Å². The van der Waals surface area contributed by atoms with Gasteiger partial charge in [-0.05, 0) is 131 Å². The number of piperazine rings is 1. The fraction of sp³-hybridized carbons (Fsp3) is 0.517. The lowest BCUT2D eigenvalue weighted by atomic mass is 9.71. The Morgan fingerprint density at radius 1 is 0.886 bits per heavy atom. The van der Waals surface area contributed by atoms with E-state index in [2.05, 4.69) is 62.4 Å². The number of carbonyl (C=O) groups excluding carboxylic acids is 2. The molecule has 2 bridgehead atoms. The number of benzene rings is 2. The smallest absolute Gasteiger partial charge is 0.243 e. The highest BCUT2D eigenvalue weighted by atomic mass is 32.1. The minimum Gasteiger partial charge on any atom is -0.507 e. The highest BCUT2D eigenvalue weighted by Crippen LogP contribution is 2.45. The Labute approximate surface area is 466 Å². The second-order valence-electron chi connectivity index (χ2n) is 23.8. The maximum atomic E-state index is 14.4. The molecule has 18 nitrogen and oxygen atoms in total. The van der Waals surface area contributed by atoms with E-state index in [0.29, 0.717) is 52.1 Å². The quantitative estimate of drug-likeness (QED) is 0.0762. The fourth-order valence-electron chi connectivity index (χ4n) is 13.7. The highest BCUT2D eigenvalue weighted by Gasteiger charge is 2.46. The van der Waals surface area contributed by atoms with Crippen LogP contribution in [0.5, 0.6) is 11.6 Å². The van der Waals surface area contributed by atoms with Crippen molar-refractivity contribution in [1.82, 2.24) is 40.4 Å². The third kappa shape index (κ3) is 10.8. The molecule has 416 valence electrons. The van der Waals surface area contributed by atoms with E-state index in [-0.39, 0.29) is 48.6 Å². The first-order valence-corrected chi connectivity index (χ1v) is 29.4. The van der Waals surface area contributed by atoms with Gasteiger partial charge in [0.2, 0.25) is 17.7 Å². The number of fused-ring (bicyclic) bond motifs is 2. The molecule has 2 unspecified atom stereocenters. The van der Waals surface area contributed by atoms with Crippen LogP contribution < -0.4 is 30.5 Å². The molecule has 79 heavy (non-hydrogen) atoms. The summed E-state index contributed by atoms with van der Waals surface area (Å²) in [5, 5.41) is 37.5. The van der Waals surface area contributed by atoms with Crippen molar-refractivity contribution >= 4 is 46.2 Å². The lowest BCUT2D eigenvalue weighted by Crippen LogP contribution is -2.54. The summed E-state index contributed by atoms with van der Waals surface area (Å²) in [6.45, 7) is 14.7. The number of likely N-dealkylation sites (tertiary alicyclic amines) is 2. The SMILES string of the molecule is Cc1ncsc1-c1ccc([C@H](C)NC(=O)[C@@H]2C[C@@H](O)CN2C(=O)[C@@H](c2cc(N3CCC4(CCN(C[C@H]5C[C@H](Oc6cc(N7C8CCC7CN(c7cc(-c9ccccc9O)nnc7N)C8)ccn6)C5)CC4)CC3)no2)C(C)C)cc1. The van der Waals surface area contributed by atoms with E-state index in [1.54, 1.807) is 28.4 Å². The number of para-hydroxylation sites is 1. The van der Waals surface area contributed by atoms with Crippen molar-refractivity contribution in [3.63, 3.8) is 0 Å². The monoisotopic (exact) mass is 1090 g/mol. The number of aryl methyl sites for hydroxylation is 1. The Kier molecular flexibility index (Phi) is 14.7. The second-order valence-corrected chi connectivity index (χ2v) is 24.6. The number of pyridine rings is 1. The minimum atomic E-state index is -0.800. The number of thiazole rings is 1. The number of ether oxygens (including phenoxy) is 1. The number of rotatable bonds is 15. The number of aliphatic hydroxyl groups is 1. The number of carbonyl (C=O) groups is 2. The number of aromatic nitrogens is 5. The summed E-state index contributed by atoms with van der Waals surface area (Å²) < 4.78 is 12.5. The number of amides is 2. The van der Waals surface area contributed by atoms with Crippen molar-refractivity contribution in [1.29, 1.82) is 0 Å². The summed E-state index contributed by atoms with van der Waals surface area (Å²) in [5.74, 6) is 1.84. The minimum absolute atomic E-state index is 0.0880.